The van der Waals surface area contributed by atoms with Crippen LogP contribution in [0.1, 0.15) is 34.3 Å². The van der Waals surface area contributed by atoms with Gasteiger partial charge in [-0.15, -0.1) is 0 Å². The van der Waals surface area contributed by atoms with Gasteiger partial charge in [0.1, 0.15) is 17.6 Å². The number of benzene rings is 1. The zero-order valence-corrected chi connectivity index (χ0v) is 15.0. The molecule has 2 aromatic heterocycles. The highest BCUT2D eigenvalue weighted by Gasteiger charge is 2.13. The van der Waals surface area contributed by atoms with Gasteiger partial charge in [-0.2, -0.15) is 5.26 Å². The molecule has 2 heterocycles. The van der Waals surface area contributed by atoms with Crippen LogP contribution < -0.4 is 5.32 Å². The molecule has 6 nitrogen and oxygen atoms in total. The molecule has 0 spiro atoms. The SMILES string of the molecule is CC(=O)c1cc(C#N)c(NCc2cc(-c3ccc(Cl)cc3)no2)nc1C. The minimum Gasteiger partial charge on any atom is -0.362 e. The molecule has 26 heavy (non-hydrogen) atoms. The molecule has 1 aromatic carbocycles. The molecule has 0 bridgehead atoms. The summed E-state index contributed by atoms with van der Waals surface area (Å²) in [6.45, 7) is 3.49. The summed E-state index contributed by atoms with van der Waals surface area (Å²) in [5.41, 5.74) is 2.89. The van der Waals surface area contributed by atoms with Crippen LogP contribution in [0, 0.1) is 18.3 Å². The number of aromatic nitrogens is 2. The van der Waals surface area contributed by atoms with Crippen LogP contribution in [0.3, 0.4) is 0 Å². The van der Waals surface area contributed by atoms with Crippen LogP contribution in [0.5, 0.6) is 0 Å². The van der Waals surface area contributed by atoms with E-state index >= 15 is 0 Å². The zero-order valence-electron chi connectivity index (χ0n) is 14.2. The van der Waals surface area contributed by atoms with E-state index in [1.807, 2.05) is 12.1 Å². The summed E-state index contributed by atoms with van der Waals surface area (Å²) < 4.78 is 5.33. The summed E-state index contributed by atoms with van der Waals surface area (Å²) in [4.78, 5) is 15.9. The van der Waals surface area contributed by atoms with Crippen LogP contribution >= 0.6 is 11.6 Å². The van der Waals surface area contributed by atoms with Crippen molar-refractivity contribution in [3.05, 3.63) is 64.0 Å². The van der Waals surface area contributed by atoms with Gasteiger partial charge in [-0.05, 0) is 32.0 Å². The van der Waals surface area contributed by atoms with Crippen LogP contribution in [0.4, 0.5) is 5.82 Å². The molecular weight excluding hydrogens is 352 g/mol. The summed E-state index contributed by atoms with van der Waals surface area (Å²) in [6.07, 6.45) is 0. The smallest absolute Gasteiger partial charge is 0.161 e. The first kappa shape index (κ1) is 17.6. The van der Waals surface area contributed by atoms with Gasteiger partial charge in [0.25, 0.3) is 0 Å². The number of nitriles is 1. The monoisotopic (exact) mass is 366 g/mol. The van der Waals surface area contributed by atoms with Crippen molar-refractivity contribution in [3.63, 3.8) is 0 Å². The summed E-state index contributed by atoms with van der Waals surface area (Å²) in [5.74, 6) is 0.870. The first-order valence-corrected chi connectivity index (χ1v) is 8.24. The Morgan fingerprint density at radius 3 is 2.69 bits per heavy atom. The average molecular weight is 367 g/mol. The fourth-order valence-electron chi connectivity index (χ4n) is 2.51. The summed E-state index contributed by atoms with van der Waals surface area (Å²) in [7, 11) is 0. The van der Waals surface area contributed by atoms with Crippen molar-refractivity contribution in [1.29, 1.82) is 5.26 Å². The van der Waals surface area contributed by atoms with E-state index in [1.54, 1.807) is 31.2 Å². The second kappa shape index (κ2) is 7.38. The molecule has 0 saturated carbocycles. The van der Waals surface area contributed by atoms with E-state index < -0.39 is 0 Å². The molecule has 0 aliphatic carbocycles. The Morgan fingerprint density at radius 1 is 1.31 bits per heavy atom. The van der Waals surface area contributed by atoms with Gasteiger partial charge in [-0.1, -0.05) is 28.9 Å². The highest BCUT2D eigenvalue weighted by molar-refractivity contribution is 6.30. The number of anilines is 1. The number of hydrogen-bond acceptors (Lipinski definition) is 6. The summed E-state index contributed by atoms with van der Waals surface area (Å²) in [5, 5.41) is 17.1. The van der Waals surface area contributed by atoms with Crippen molar-refractivity contribution >= 4 is 23.2 Å². The Morgan fingerprint density at radius 2 is 2.04 bits per heavy atom. The van der Waals surface area contributed by atoms with Crippen molar-refractivity contribution in [2.45, 2.75) is 20.4 Å². The van der Waals surface area contributed by atoms with E-state index in [1.165, 1.54) is 6.92 Å². The molecule has 3 rings (SSSR count). The number of halogens is 1. The molecule has 3 aromatic rings. The number of nitrogens with zero attached hydrogens (tertiary/aromatic N) is 3. The molecule has 0 fully saturated rings. The fraction of sp³-hybridized carbons (Fsp3) is 0.158. The summed E-state index contributed by atoms with van der Waals surface area (Å²) >= 11 is 5.89. The topological polar surface area (TPSA) is 91.8 Å². The van der Waals surface area contributed by atoms with Crippen molar-refractivity contribution < 1.29 is 9.32 Å². The van der Waals surface area contributed by atoms with Gasteiger partial charge in [-0.25, -0.2) is 4.98 Å². The van der Waals surface area contributed by atoms with Crippen LogP contribution in [-0.4, -0.2) is 15.9 Å². The molecule has 0 aliphatic rings. The predicted molar refractivity (Wildman–Crippen MR) is 98.0 cm³/mol. The van der Waals surface area contributed by atoms with Gasteiger partial charge in [0, 0.05) is 22.2 Å². The Hall–Kier alpha value is -3.17. The first-order chi connectivity index (χ1) is 12.5. The maximum atomic E-state index is 11.6. The first-order valence-electron chi connectivity index (χ1n) is 7.86. The van der Waals surface area contributed by atoms with Gasteiger partial charge in [0.2, 0.25) is 0 Å². The van der Waals surface area contributed by atoms with Gasteiger partial charge in [-0.3, -0.25) is 4.79 Å². The van der Waals surface area contributed by atoms with Gasteiger partial charge >= 0.3 is 0 Å². The molecule has 0 saturated heterocycles. The molecule has 130 valence electrons. The highest BCUT2D eigenvalue weighted by Crippen LogP contribution is 2.22. The number of nitrogens with one attached hydrogen (secondary N) is 1. The number of ketones is 1. The minimum absolute atomic E-state index is 0.124. The number of hydrogen-bond donors (Lipinski definition) is 1. The minimum atomic E-state index is -0.124. The number of carbonyl (C=O) groups excluding carboxylic acids is 1. The number of Topliss-reactive ketones (excluding diaryl/α,β-unsaturated/α-hetero) is 1. The Balaban J connectivity index is 1.78. The van der Waals surface area contributed by atoms with Gasteiger partial charge < -0.3 is 9.84 Å². The number of rotatable bonds is 5. The van der Waals surface area contributed by atoms with E-state index in [9.17, 15) is 10.1 Å². The van der Waals surface area contributed by atoms with Gasteiger partial charge in [0.05, 0.1) is 17.8 Å². The maximum Gasteiger partial charge on any atom is 0.161 e. The largest absolute Gasteiger partial charge is 0.362 e. The van der Waals surface area contributed by atoms with Crippen LogP contribution in [0.25, 0.3) is 11.3 Å². The van der Waals surface area contributed by atoms with Crippen LogP contribution in [-0.2, 0) is 6.54 Å². The molecule has 0 amide bonds. The average Bonchev–Trinajstić information content (AvgIpc) is 3.09. The Kier molecular flexibility index (Phi) is 5.01. The van der Waals surface area contributed by atoms with Crippen LogP contribution in [0.2, 0.25) is 5.02 Å². The standard InChI is InChI=1S/C19H15ClN4O2/c1-11-17(12(2)25)7-14(9-21)19(23-11)22-10-16-8-18(24-26-16)13-3-5-15(20)6-4-13/h3-8H,10H2,1-2H3,(H,22,23). The number of aryl methyl sites for hydroxylation is 1. The number of pyridine rings is 1. The van der Waals surface area contributed by atoms with E-state index in [0.717, 1.165) is 5.56 Å². The lowest BCUT2D eigenvalue weighted by Gasteiger charge is -2.09. The van der Waals surface area contributed by atoms with Crippen molar-refractivity contribution in [1.82, 2.24) is 10.1 Å². The maximum absolute atomic E-state index is 11.6. The molecule has 1 N–H and O–H groups in total. The second-order valence-electron chi connectivity index (χ2n) is 5.72. The predicted octanol–water partition coefficient (Wildman–Crippen LogP) is 4.38. The van der Waals surface area contributed by atoms with E-state index in [0.29, 0.717) is 45.7 Å². The van der Waals surface area contributed by atoms with E-state index in [2.05, 4.69) is 21.5 Å². The molecule has 0 unspecified atom stereocenters. The van der Waals surface area contributed by atoms with Crippen molar-refractivity contribution in [3.8, 4) is 17.3 Å². The Labute approximate surface area is 155 Å². The molecule has 0 atom stereocenters. The molecular formula is C19H15ClN4O2. The lowest BCUT2D eigenvalue weighted by Crippen LogP contribution is -2.07. The van der Waals surface area contributed by atoms with Crippen molar-refractivity contribution in [2.75, 3.05) is 5.32 Å². The molecule has 0 aliphatic heterocycles. The Bertz CT molecular complexity index is 1000. The molecule has 0 radical (unpaired) electrons. The lowest BCUT2D eigenvalue weighted by molar-refractivity contribution is 0.101. The van der Waals surface area contributed by atoms with E-state index in [4.69, 9.17) is 16.1 Å². The van der Waals surface area contributed by atoms with Crippen molar-refractivity contribution in [2.24, 2.45) is 0 Å². The lowest BCUT2D eigenvalue weighted by atomic mass is 10.1. The fourth-order valence-corrected chi connectivity index (χ4v) is 2.63. The molecule has 7 heteroatoms. The zero-order chi connectivity index (χ0) is 18.7. The quantitative estimate of drug-likeness (QED) is 0.673. The normalized spacial score (nSPS) is 10.4. The number of carbonyl (C=O) groups is 1. The highest BCUT2D eigenvalue weighted by atomic mass is 35.5. The second-order valence-corrected chi connectivity index (χ2v) is 6.16. The van der Waals surface area contributed by atoms with E-state index in [-0.39, 0.29) is 5.78 Å². The van der Waals surface area contributed by atoms with Gasteiger partial charge in [0.15, 0.2) is 11.5 Å². The summed E-state index contributed by atoms with van der Waals surface area (Å²) in [6, 6.07) is 12.7. The van der Waals surface area contributed by atoms with Crippen LogP contribution in [0.15, 0.2) is 40.9 Å². The third kappa shape index (κ3) is 3.73. The third-order valence-corrected chi connectivity index (χ3v) is 4.09. The third-order valence-electron chi connectivity index (χ3n) is 3.84.